The summed E-state index contributed by atoms with van der Waals surface area (Å²) in [6, 6.07) is 4.78. The number of aromatic nitrogens is 2. The van der Waals surface area contributed by atoms with Crippen LogP contribution in [0.5, 0.6) is 11.5 Å². The SMILES string of the molecule is CNC(=O)N1CCC[C@H]1c1nc(C2CN(C(=O)c3ccc(OC)cc3OC)C2)no1. The van der Waals surface area contributed by atoms with Crippen molar-refractivity contribution in [2.75, 3.05) is 40.9 Å². The highest BCUT2D eigenvalue weighted by Gasteiger charge is 2.38. The van der Waals surface area contributed by atoms with Crippen LogP contribution < -0.4 is 14.8 Å². The number of nitrogens with zero attached hydrogens (tertiary/aromatic N) is 4. The third kappa shape index (κ3) is 3.53. The molecule has 3 amide bonds. The molecule has 1 aromatic carbocycles. The van der Waals surface area contributed by atoms with E-state index in [-0.39, 0.29) is 23.9 Å². The average Bonchev–Trinajstić information content (AvgIpc) is 3.41. The molecule has 1 atom stereocenters. The second-order valence-corrected chi connectivity index (χ2v) is 7.37. The number of urea groups is 1. The fourth-order valence-corrected chi connectivity index (χ4v) is 3.91. The van der Waals surface area contributed by atoms with Gasteiger partial charge in [-0.05, 0) is 25.0 Å². The van der Waals surface area contributed by atoms with Crippen molar-refractivity contribution in [1.82, 2.24) is 25.3 Å². The van der Waals surface area contributed by atoms with Crippen molar-refractivity contribution in [2.45, 2.75) is 24.8 Å². The third-order valence-electron chi connectivity index (χ3n) is 5.64. The Morgan fingerprint density at radius 3 is 2.73 bits per heavy atom. The maximum absolute atomic E-state index is 12.8. The molecule has 0 radical (unpaired) electrons. The van der Waals surface area contributed by atoms with Gasteiger partial charge in [-0.15, -0.1) is 0 Å². The van der Waals surface area contributed by atoms with Gasteiger partial charge in [0.2, 0.25) is 5.89 Å². The predicted octanol–water partition coefficient (Wildman–Crippen LogP) is 1.80. The van der Waals surface area contributed by atoms with Crippen molar-refractivity contribution in [3.8, 4) is 11.5 Å². The van der Waals surface area contributed by atoms with Crippen molar-refractivity contribution < 1.29 is 23.6 Å². The highest BCUT2D eigenvalue weighted by atomic mass is 16.5. The molecule has 2 aliphatic heterocycles. The van der Waals surface area contributed by atoms with Crippen molar-refractivity contribution in [3.05, 3.63) is 35.5 Å². The number of likely N-dealkylation sites (tertiary alicyclic amines) is 2. The first-order chi connectivity index (χ1) is 14.5. The summed E-state index contributed by atoms with van der Waals surface area (Å²) in [5.41, 5.74) is 0.484. The lowest BCUT2D eigenvalue weighted by atomic mass is 9.98. The van der Waals surface area contributed by atoms with Crippen LogP contribution in [0.3, 0.4) is 0 Å². The molecule has 2 aliphatic rings. The topological polar surface area (TPSA) is 110 Å². The van der Waals surface area contributed by atoms with Gasteiger partial charge in [-0.1, -0.05) is 5.16 Å². The van der Waals surface area contributed by atoms with Gasteiger partial charge < -0.3 is 29.1 Å². The highest BCUT2D eigenvalue weighted by Crippen LogP contribution is 2.34. The second kappa shape index (κ2) is 8.21. The Kier molecular flexibility index (Phi) is 5.47. The molecule has 30 heavy (non-hydrogen) atoms. The van der Waals surface area contributed by atoms with E-state index in [1.54, 1.807) is 42.2 Å². The van der Waals surface area contributed by atoms with Gasteiger partial charge in [0, 0.05) is 32.7 Å². The largest absolute Gasteiger partial charge is 0.497 e. The van der Waals surface area contributed by atoms with Crippen LogP contribution in [0.2, 0.25) is 0 Å². The molecule has 0 aliphatic carbocycles. The summed E-state index contributed by atoms with van der Waals surface area (Å²) >= 11 is 0. The smallest absolute Gasteiger partial charge is 0.317 e. The summed E-state index contributed by atoms with van der Waals surface area (Å²) in [5.74, 6) is 2.01. The molecule has 0 unspecified atom stereocenters. The van der Waals surface area contributed by atoms with Crippen LogP contribution in [-0.2, 0) is 0 Å². The van der Waals surface area contributed by atoms with Crippen LogP contribution in [0, 0.1) is 0 Å². The Morgan fingerprint density at radius 1 is 1.23 bits per heavy atom. The standard InChI is InChI=1S/C20H25N5O5/c1-21-20(27)25-8-4-5-15(25)18-22-17(23-30-18)12-10-24(11-12)19(26)14-7-6-13(28-2)9-16(14)29-3/h6-7,9,12,15H,4-5,8,10-11H2,1-3H3,(H,21,27)/t15-/m0/s1. The van der Waals surface area contributed by atoms with Crippen LogP contribution in [0.25, 0.3) is 0 Å². The molecular weight excluding hydrogens is 390 g/mol. The summed E-state index contributed by atoms with van der Waals surface area (Å²) in [6.45, 7) is 1.66. The zero-order valence-corrected chi connectivity index (χ0v) is 17.3. The van der Waals surface area contributed by atoms with Gasteiger partial charge in [-0.2, -0.15) is 4.98 Å². The molecule has 10 nitrogen and oxygen atoms in total. The lowest BCUT2D eigenvalue weighted by Crippen LogP contribution is -2.48. The summed E-state index contributed by atoms with van der Waals surface area (Å²) in [6.07, 6.45) is 1.69. The fourth-order valence-electron chi connectivity index (χ4n) is 3.91. The number of nitrogens with one attached hydrogen (secondary N) is 1. The van der Waals surface area contributed by atoms with Crippen LogP contribution >= 0.6 is 0 Å². The minimum absolute atomic E-state index is 0.00514. The van der Waals surface area contributed by atoms with Crippen LogP contribution in [0.4, 0.5) is 4.79 Å². The van der Waals surface area contributed by atoms with E-state index in [1.807, 2.05) is 0 Å². The monoisotopic (exact) mass is 415 g/mol. The molecule has 0 saturated carbocycles. The number of carbonyl (C=O) groups is 2. The Bertz CT molecular complexity index is 939. The Hall–Kier alpha value is -3.30. The van der Waals surface area contributed by atoms with E-state index in [0.717, 1.165) is 12.8 Å². The van der Waals surface area contributed by atoms with Gasteiger partial charge in [-0.25, -0.2) is 4.79 Å². The van der Waals surface area contributed by atoms with Crippen LogP contribution in [-0.4, -0.2) is 72.8 Å². The maximum atomic E-state index is 12.8. The number of hydrogen-bond donors (Lipinski definition) is 1. The minimum Gasteiger partial charge on any atom is -0.497 e. The van der Waals surface area contributed by atoms with E-state index in [0.29, 0.717) is 48.4 Å². The maximum Gasteiger partial charge on any atom is 0.317 e. The molecule has 3 heterocycles. The molecule has 1 N–H and O–H groups in total. The number of ether oxygens (including phenoxy) is 2. The van der Waals surface area contributed by atoms with Gasteiger partial charge >= 0.3 is 6.03 Å². The van der Waals surface area contributed by atoms with Gasteiger partial charge in [0.05, 0.1) is 25.7 Å². The summed E-state index contributed by atoms with van der Waals surface area (Å²) < 4.78 is 16.0. The zero-order chi connectivity index (χ0) is 21.3. The molecule has 0 spiro atoms. The van der Waals surface area contributed by atoms with Crippen molar-refractivity contribution >= 4 is 11.9 Å². The van der Waals surface area contributed by atoms with E-state index in [4.69, 9.17) is 14.0 Å². The molecule has 4 rings (SSSR count). The summed E-state index contributed by atoms with van der Waals surface area (Å²) in [5, 5.41) is 6.75. The van der Waals surface area contributed by atoms with Gasteiger partial charge in [0.15, 0.2) is 5.82 Å². The number of methoxy groups -OCH3 is 2. The Balaban J connectivity index is 1.41. The second-order valence-electron chi connectivity index (χ2n) is 7.37. The van der Waals surface area contributed by atoms with Crippen molar-refractivity contribution in [3.63, 3.8) is 0 Å². The normalized spacial score (nSPS) is 18.8. The highest BCUT2D eigenvalue weighted by molar-refractivity contribution is 5.97. The predicted molar refractivity (Wildman–Crippen MR) is 106 cm³/mol. The Labute approximate surface area is 174 Å². The number of rotatable bonds is 5. The molecule has 2 fully saturated rings. The van der Waals surface area contributed by atoms with Gasteiger partial charge in [0.1, 0.15) is 17.5 Å². The van der Waals surface area contributed by atoms with Gasteiger partial charge in [-0.3, -0.25) is 4.79 Å². The molecular formula is C20H25N5O5. The first kappa shape index (κ1) is 20.0. The summed E-state index contributed by atoms with van der Waals surface area (Å²) in [4.78, 5) is 32.8. The Morgan fingerprint density at radius 2 is 2.03 bits per heavy atom. The zero-order valence-electron chi connectivity index (χ0n) is 17.3. The van der Waals surface area contributed by atoms with Crippen molar-refractivity contribution in [2.24, 2.45) is 0 Å². The number of hydrogen-bond acceptors (Lipinski definition) is 7. The quantitative estimate of drug-likeness (QED) is 0.793. The molecule has 10 heteroatoms. The van der Waals surface area contributed by atoms with E-state index < -0.39 is 0 Å². The first-order valence-electron chi connectivity index (χ1n) is 9.88. The van der Waals surface area contributed by atoms with E-state index in [2.05, 4.69) is 15.5 Å². The fraction of sp³-hybridized carbons (Fsp3) is 0.500. The number of amides is 3. The number of carbonyl (C=O) groups excluding carboxylic acids is 2. The third-order valence-corrected chi connectivity index (χ3v) is 5.64. The van der Waals surface area contributed by atoms with E-state index >= 15 is 0 Å². The average molecular weight is 415 g/mol. The van der Waals surface area contributed by atoms with Crippen molar-refractivity contribution in [1.29, 1.82) is 0 Å². The molecule has 2 aromatic rings. The first-order valence-corrected chi connectivity index (χ1v) is 9.88. The lowest BCUT2D eigenvalue weighted by Gasteiger charge is -2.37. The van der Waals surface area contributed by atoms with Crippen LogP contribution in [0.15, 0.2) is 22.7 Å². The molecule has 2 saturated heterocycles. The summed E-state index contributed by atoms with van der Waals surface area (Å²) in [7, 11) is 4.69. The van der Waals surface area contributed by atoms with E-state index in [9.17, 15) is 9.59 Å². The van der Waals surface area contributed by atoms with E-state index in [1.165, 1.54) is 7.11 Å². The minimum atomic E-state index is -0.201. The molecule has 1 aromatic heterocycles. The van der Waals surface area contributed by atoms with Gasteiger partial charge in [0.25, 0.3) is 5.91 Å². The number of benzene rings is 1. The molecule has 160 valence electrons. The molecule has 0 bridgehead atoms. The van der Waals surface area contributed by atoms with Crippen LogP contribution in [0.1, 0.15) is 46.9 Å². The lowest BCUT2D eigenvalue weighted by molar-refractivity contribution is 0.0589.